The first-order valence-corrected chi connectivity index (χ1v) is 24.5. The largest absolute Gasteiger partial charge is 0.365 e. The summed E-state index contributed by atoms with van der Waals surface area (Å²) in [6, 6.07) is 24.4. The predicted octanol–water partition coefficient (Wildman–Crippen LogP) is 6.43. The Kier molecular flexibility index (Phi) is 26.2. The summed E-state index contributed by atoms with van der Waals surface area (Å²) < 4.78 is 55.3. The molecule has 0 aliphatic carbocycles. The van der Waals surface area contributed by atoms with Gasteiger partial charge in [-0.1, -0.05) is 92.5 Å². The molecule has 0 aliphatic rings. The van der Waals surface area contributed by atoms with Gasteiger partial charge in [0.1, 0.15) is 21.9 Å². The molecular formula is C47H61Cl2F2N11O5S. The van der Waals surface area contributed by atoms with Gasteiger partial charge >= 0.3 is 0 Å². The van der Waals surface area contributed by atoms with E-state index in [4.69, 9.17) is 28.9 Å². The van der Waals surface area contributed by atoms with Crippen molar-refractivity contribution >= 4 is 45.0 Å². The Balaban J connectivity index is 0.000000275. The van der Waals surface area contributed by atoms with Crippen molar-refractivity contribution in [2.75, 3.05) is 62.8 Å². The zero-order chi connectivity index (χ0) is 49.7. The van der Waals surface area contributed by atoms with Crippen LogP contribution in [0.3, 0.4) is 0 Å². The van der Waals surface area contributed by atoms with Gasteiger partial charge in [0.2, 0.25) is 0 Å². The van der Waals surface area contributed by atoms with Crippen LogP contribution in [0.5, 0.6) is 0 Å². The fraction of sp³-hybridized carbons (Fsp3) is 0.362. The van der Waals surface area contributed by atoms with Crippen molar-refractivity contribution in [3.8, 4) is 0 Å². The van der Waals surface area contributed by atoms with Crippen molar-refractivity contribution in [1.29, 1.82) is 0 Å². The monoisotopic (exact) mass is 999 g/mol. The Bertz CT molecular complexity index is 2610. The number of halogens is 4. The molecule has 68 heavy (non-hydrogen) atoms. The molecule has 0 amide bonds. The van der Waals surface area contributed by atoms with Gasteiger partial charge in [-0.05, 0) is 56.0 Å². The average Bonchev–Trinajstić information content (AvgIpc) is 3.33. The summed E-state index contributed by atoms with van der Waals surface area (Å²) in [5.41, 5.74) is 7.44. The van der Waals surface area contributed by atoms with Gasteiger partial charge in [0, 0.05) is 87.0 Å². The van der Waals surface area contributed by atoms with Crippen LogP contribution in [0.25, 0.3) is 0 Å². The lowest BCUT2D eigenvalue weighted by atomic mass is 10.2. The minimum Gasteiger partial charge on any atom is -0.365 e. The average molecular weight is 1000 g/mol. The summed E-state index contributed by atoms with van der Waals surface area (Å²) >= 11 is 12.1. The van der Waals surface area contributed by atoms with E-state index in [0.717, 1.165) is 17.6 Å². The molecule has 0 bridgehead atoms. The second-order valence-electron chi connectivity index (χ2n) is 14.5. The molecule has 0 saturated heterocycles. The fourth-order valence-electron chi connectivity index (χ4n) is 5.97. The van der Waals surface area contributed by atoms with Crippen LogP contribution >= 0.6 is 23.2 Å². The van der Waals surface area contributed by atoms with Gasteiger partial charge in [0.25, 0.3) is 21.2 Å². The Labute approximate surface area is 407 Å². The number of rotatable bonds is 21. The summed E-state index contributed by atoms with van der Waals surface area (Å²) in [6.45, 7) is 12.4. The van der Waals surface area contributed by atoms with Crippen molar-refractivity contribution in [3.05, 3.63) is 175 Å². The number of anilines is 2. The molecule has 6 aromatic rings. The first kappa shape index (κ1) is 56.7. The number of hydrogen-bond donors (Lipinski definition) is 4. The third-order valence-corrected chi connectivity index (χ3v) is 10.9. The predicted molar refractivity (Wildman–Crippen MR) is 267 cm³/mol. The Morgan fingerprint density at radius 2 is 1.12 bits per heavy atom. The molecule has 0 fully saturated rings. The van der Waals surface area contributed by atoms with E-state index in [0.29, 0.717) is 56.7 Å². The molecule has 21 heteroatoms. The number of nitrogens with zero attached hydrogens (tertiary/aromatic N) is 7. The summed E-state index contributed by atoms with van der Waals surface area (Å²) in [7, 11) is -3.57. The molecule has 4 aromatic heterocycles. The van der Waals surface area contributed by atoms with E-state index in [1.54, 1.807) is 48.8 Å². The molecule has 0 aliphatic heterocycles. The van der Waals surface area contributed by atoms with Gasteiger partial charge in [0.05, 0.1) is 31.8 Å². The molecule has 0 unspecified atom stereocenters. The number of pyridine rings is 2. The lowest BCUT2D eigenvalue weighted by Gasteiger charge is -2.13. The van der Waals surface area contributed by atoms with E-state index in [1.807, 2.05) is 36.4 Å². The summed E-state index contributed by atoms with van der Waals surface area (Å²) in [6.07, 6.45) is 8.45. The molecule has 5 N–H and O–H groups in total. The van der Waals surface area contributed by atoms with E-state index < -0.39 is 15.7 Å². The van der Waals surface area contributed by atoms with E-state index in [9.17, 15) is 26.8 Å². The zero-order valence-electron chi connectivity index (χ0n) is 38.8. The quantitative estimate of drug-likeness (QED) is 0.0454. The van der Waals surface area contributed by atoms with Crippen LogP contribution in [0.4, 0.5) is 20.4 Å². The highest BCUT2D eigenvalue weighted by Crippen LogP contribution is 2.10. The Morgan fingerprint density at radius 1 is 0.662 bits per heavy atom. The molecule has 6 rings (SSSR count). The summed E-state index contributed by atoms with van der Waals surface area (Å²) in [4.78, 5) is 43.8. The summed E-state index contributed by atoms with van der Waals surface area (Å²) in [5, 5.41) is 9.46. The van der Waals surface area contributed by atoms with E-state index in [-0.39, 0.29) is 58.8 Å². The van der Waals surface area contributed by atoms with Crippen LogP contribution < -0.4 is 32.8 Å². The Morgan fingerprint density at radius 3 is 1.51 bits per heavy atom. The van der Waals surface area contributed by atoms with Crippen LogP contribution in [0, 0.1) is 11.6 Å². The minimum absolute atomic E-state index is 0.00216. The zero-order valence-corrected chi connectivity index (χ0v) is 41.1. The number of hydrogen-bond acceptors (Lipinski definition) is 14. The maximum absolute atomic E-state index is 13.6. The van der Waals surface area contributed by atoms with Crippen molar-refractivity contribution in [2.24, 2.45) is 5.73 Å². The number of nitrogens with one attached hydrogen (secondary N) is 3. The molecule has 0 spiro atoms. The third-order valence-electron chi connectivity index (χ3n) is 9.73. The highest BCUT2D eigenvalue weighted by atomic mass is 35.5. The second kappa shape index (κ2) is 31.4. The normalized spacial score (nSPS) is 10.8. The SMILES string of the molecule is CCN(CC)CC.CS(=O)(=O)OCCn1c(Cl)cnc(NCCc2ccccn2)c1=O.NCc1ccccc1F.O=c1c(NCCc2ccccn2)ncc(Cl)n1CCNCc1ccccc1F. The number of aromatic nitrogens is 6. The van der Waals surface area contributed by atoms with Crippen molar-refractivity contribution in [1.82, 2.24) is 39.3 Å². The van der Waals surface area contributed by atoms with Crippen LogP contribution in [0.2, 0.25) is 10.3 Å². The molecular weight excluding hydrogens is 940 g/mol. The lowest BCUT2D eigenvalue weighted by molar-refractivity contribution is 0.302. The second-order valence-corrected chi connectivity index (χ2v) is 16.9. The first-order valence-electron chi connectivity index (χ1n) is 21.9. The third kappa shape index (κ3) is 21.1. The van der Waals surface area contributed by atoms with Gasteiger partial charge in [0.15, 0.2) is 11.6 Å². The van der Waals surface area contributed by atoms with Crippen molar-refractivity contribution in [3.63, 3.8) is 0 Å². The van der Waals surface area contributed by atoms with Crippen LogP contribution in [0.1, 0.15) is 43.3 Å². The van der Waals surface area contributed by atoms with Crippen molar-refractivity contribution in [2.45, 2.75) is 59.8 Å². The molecule has 368 valence electrons. The number of benzene rings is 2. The number of nitrogens with two attached hydrogens (primary N) is 1. The maximum atomic E-state index is 13.6. The standard InChI is InChI=1S/C20H21ClFN5O.C14H17ClN4O4S.C7H8FN.C6H15N/c21-18-14-26-19(25-10-8-16-6-3-4-9-24-16)20(28)27(18)12-11-23-13-15-5-1-2-7-17(15)22;1-24(21,22)23-9-8-19-12(15)10-18-13(14(19)20)17-7-5-11-4-2-3-6-16-11;8-7-4-2-1-3-6(7)5-9;1-4-7(5-2)6-3/h1-7,9,14,23H,8,10-13H2,(H,25,26);2-4,6,10H,5,7-9H2,1H3,(H,17,18);1-4H,5,9H2;4-6H2,1-3H3. The van der Waals surface area contributed by atoms with Gasteiger partial charge < -0.3 is 26.6 Å². The van der Waals surface area contributed by atoms with Crippen LogP contribution in [-0.4, -0.2) is 94.5 Å². The smallest absolute Gasteiger partial charge is 0.294 e. The Hall–Kier alpha value is -5.67. The summed E-state index contributed by atoms with van der Waals surface area (Å²) in [5.74, 6) is -0.0994. The molecule has 16 nitrogen and oxygen atoms in total. The molecule has 0 atom stereocenters. The van der Waals surface area contributed by atoms with Gasteiger partial charge in [-0.3, -0.25) is 32.9 Å². The first-order chi connectivity index (χ1) is 32.7. The maximum Gasteiger partial charge on any atom is 0.294 e. The highest BCUT2D eigenvalue weighted by Gasteiger charge is 2.12. The van der Waals surface area contributed by atoms with E-state index in [2.05, 4.69) is 65.7 Å². The van der Waals surface area contributed by atoms with E-state index in [1.165, 1.54) is 53.3 Å². The minimum atomic E-state index is -3.57. The van der Waals surface area contributed by atoms with Gasteiger partial charge in [-0.25, -0.2) is 18.7 Å². The molecule has 0 radical (unpaired) electrons. The highest BCUT2D eigenvalue weighted by molar-refractivity contribution is 7.85. The van der Waals surface area contributed by atoms with Gasteiger partial charge in [-0.15, -0.1) is 0 Å². The topological polar surface area (TPSA) is 204 Å². The molecule has 4 heterocycles. The lowest BCUT2D eigenvalue weighted by Crippen LogP contribution is -2.30. The van der Waals surface area contributed by atoms with E-state index >= 15 is 0 Å². The van der Waals surface area contributed by atoms with Crippen LogP contribution in [0.15, 0.2) is 119 Å². The fourth-order valence-corrected chi connectivity index (χ4v) is 6.77. The molecule has 2 aromatic carbocycles. The van der Waals surface area contributed by atoms with Crippen molar-refractivity contribution < 1.29 is 21.4 Å². The molecule has 0 saturated carbocycles. The van der Waals surface area contributed by atoms with Gasteiger partial charge in [-0.2, -0.15) is 8.42 Å². The van der Waals surface area contributed by atoms with Crippen LogP contribution in [-0.2, 0) is 53.3 Å².